The van der Waals surface area contributed by atoms with Gasteiger partial charge < -0.3 is 4.90 Å². The summed E-state index contributed by atoms with van der Waals surface area (Å²) in [6, 6.07) is 10.5. The average molecular weight is 358 g/mol. The van der Waals surface area contributed by atoms with Crippen LogP contribution in [0.4, 0.5) is 11.4 Å². The van der Waals surface area contributed by atoms with E-state index < -0.39 is 10.0 Å². The van der Waals surface area contributed by atoms with Crippen molar-refractivity contribution in [3.8, 4) is 0 Å². The minimum atomic E-state index is -3.68. The summed E-state index contributed by atoms with van der Waals surface area (Å²) in [7, 11) is -3.68. The Morgan fingerprint density at radius 3 is 2.40 bits per heavy atom. The van der Waals surface area contributed by atoms with Gasteiger partial charge in [-0.05, 0) is 56.5 Å². The van der Waals surface area contributed by atoms with Gasteiger partial charge in [0.2, 0.25) is 5.91 Å². The molecule has 1 aliphatic rings. The number of hydrogen-bond donors (Lipinski definition) is 1. The molecule has 6 heteroatoms. The molecule has 0 aromatic heterocycles. The zero-order chi connectivity index (χ0) is 18.2. The fourth-order valence-corrected chi connectivity index (χ4v) is 4.45. The molecule has 2 aromatic rings. The molecule has 1 fully saturated rings. The summed E-state index contributed by atoms with van der Waals surface area (Å²) < 4.78 is 28.1. The molecule has 1 N–H and O–H groups in total. The lowest BCUT2D eigenvalue weighted by Gasteiger charge is -2.20. The monoisotopic (exact) mass is 358 g/mol. The highest BCUT2D eigenvalue weighted by atomic mass is 32.2. The van der Waals surface area contributed by atoms with Gasteiger partial charge in [0.15, 0.2) is 0 Å². The molecule has 0 aliphatic carbocycles. The van der Waals surface area contributed by atoms with Crippen LogP contribution in [-0.2, 0) is 14.8 Å². The third-order valence-electron chi connectivity index (χ3n) is 4.45. The van der Waals surface area contributed by atoms with Gasteiger partial charge in [0.05, 0.1) is 10.6 Å². The topological polar surface area (TPSA) is 66.5 Å². The van der Waals surface area contributed by atoms with Gasteiger partial charge in [-0.2, -0.15) is 0 Å². The van der Waals surface area contributed by atoms with E-state index in [0.29, 0.717) is 24.2 Å². The van der Waals surface area contributed by atoms with Gasteiger partial charge in [-0.15, -0.1) is 0 Å². The molecule has 0 saturated carbocycles. The van der Waals surface area contributed by atoms with Gasteiger partial charge in [0.1, 0.15) is 0 Å². The van der Waals surface area contributed by atoms with Crippen LogP contribution < -0.4 is 9.62 Å². The van der Waals surface area contributed by atoms with E-state index in [9.17, 15) is 13.2 Å². The summed E-state index contributed by atoms with van der Waals surface area (Å²) in [5, 5.41) is 0. The number of hydrogen-bond acceptors (Lipinski definition) is 3. The molecule has 5 nitrogen and oxygen atoms in total. The number of carbonyl (C=O) groups is 1. The fourth-order valence-electron chi connectivity index (χ4n) is 3.18. The lowest BCUT2D eigenvalue weighted by molar-refractivity contribution is -0.117. The first-order valence-corrected chi connectivity index (χ1v) is 9.77. The molecule has 0 radical (unpaired) electrons. The van der Waals surface area contributed by atoms with Gasteiger partial charge in [-0.1, -0.05) is 23.8 Å². The maximum atomic E-state index is 12.7. The minimum Gasteiger partial charge on any atom is -0.312 e. The Morgan fingerprint density at radius 1 is 1.00 bits per heavy atom. The second-order valence-corrected chi connectivity index (χ2v) is 8.18. The van der Waals surface area contributed by atoms with Crippen LogP contribution in [0.1, 0.15) is 29.5 Å². The van der Waals surface area contributed by atoms with Crippen molar-refractivity contribution < 1.29 is 13.2 Å². The number of amides is 1. The number of nitrogens with zero attached hydrogens (tertiary/aromatic N) is 1. The van der Waals surface area contributed by atoms with E-state index in [2.05, 4.69) is 4.72 Å². The Hall–Kier alpha value is -2.34. The zero-order valence-electron chi connectivity index (χ0n) is 14.7. The van der Waals surface area contributed by atoms with Crippen molar-refractivity contribution in [2.75, 3.05) is 16.2 Å². The van der Waals surface area contributed by atoms with E-state index in [4.69, 9.17) is 0 Å². The van der Waals surface area contributed by atoms with E-state index in [1.54, 1.807) is 36.1 Å². The van der Waals surface area contributed by atoms with Crippen molar-refractivity contribution in [3.63, 3.8) is 0 Å². The first-order valence-electron chi connectivity index (χ1n) is 8.29. The van der Waals surface area contributed by atoms with Crippen LogP contribution in [0.2, 0.25) is 0 Å². The Labute approximate surface area is 148 Å². The van der Waals surface area contributed by atoms with Crippen LogP contribution >= 0.6 is 0 Å². The van der Waals surface area contributed by atoms with Crippen LogP contribution in [0, 0.1) is 20.8 Å². The molecule has 1 amide bonds. The van der Waals surface area contributed by atoms with Crippen molar-refractivity contribution in [1.82, 2.24) is 0 Å². The van der Waals surface area contributed by atoms with Crippen LogP contribution in [0.3, 0.4) is 0 Å². The fraction of sp³-hybridized carbons (Fsp3) is 0.316. The number of sulfonamides is 1. The number of anilines is 2. The second-order valence-electron chi connectivity index (χ2n) is 6.52. The van der Waals surface area contributed by atoms with Crippen molar-refractivity contribution in [2.45, 2.75) is 38.5 Å². The number of aryl methyl sites for hydroxylation is 3. The summed E-state index contributed by atoms with van der Waals surface area (Å²) in [5.74, 6) is 0.0810. The maximum Gasteiger partial charge on any atom is 0.262 e. The third kappa shape index (κ3) is 3.54. The summed E-state index contributed by atoms with van der Waals surface area (Å²) in [5.41, 5.74) is 3.89. The van der Waals surface area contributed by atoms with Gasteiger partial charge in [0.25, 0.3) is 10.0 Å². The van der Waals surface area contributed by atoms with E-state index >= 15 is 0 Å². The largest absolute Gasteiger partial charge is 0.312 e. The number of nitrogens with one attached hydrogen (secondary N) is 1. The minimum absolute atomic E-state index is 0.0810. The smallest absolute Gasteiger partial charge is 0.262 e. The summed E-state index contributed by atoms with van der Waals surface area (Å²) >= 11 is 0. The number of rotatable bonds is 4. The summed E-state index contributed by atoms with van der Waals surface area (Å²) in [6.45, 7) is 6.30. The Balaban J connectivity index is 1.93. The Morgan fingerprint density at radius 2 is 1.76 bits per heavy atom. The molecule has 0 unspecified atom stereocenters. The molecule has 1 saturated heterocycles. The van der Waals surface area contributed by atoms with Crippen LogP contribution in [-0.4, -0.2) is 20.9 Å². The van der Waals surface area contributed by atoms with Gasteiger partial charge >= 0.3 is 0 Å². The highest BCUT2D eigenvalue weighted by Gasteiger charge is 2.24. The van der Waals surface area contributed by atoms with Crippen molar-refractivity contribution in [3.05, 3.63) is 53.1 Å². The molecule has 25 heavy (non-hydrogen) atoms. The second kappa shape index (κ2) is 6.52. The number of benzene rings is 2. The lowest BCUT2D eigenvalue weighted by Crippen LogP contribution is -2.24. The highest BCUT2D eigenvalue weighted by Crippen LogP contribution is 2.29. The molecule has 132 valence electrons. The van der Waals surface area contributed by atoms with Gasteiger partial charge in [-0.25, -0.2) is 8.42 Å². The van der Waals surface area contributed by atoms with Gasteiger partial charge in [0, 0.05) is 18.7 Å². The van der Waals surface area contributed by atoms with Crippen LogP contribution in [0.5, 0.6) is 0 Å². The molecule has 1 aliphatic heterocycles. The first kappa shape index (κ1) is 17.5. The molecule has 3 rings (SSSR count). The zero-order valence-corrected chi connectivity index (χ0v) is 15.5. The molecule has 2 aromatic carbocycles. The molecule has 0 spiro atoms. The predicted octanol–water partition coefficient (Wildman–Crippen LogP) is 3.54. The lowest BCUT2D eigenvalue weighted by atomic mass is 10.1. The molecular weight excluding hydrogens is 336 g/mol. The number of carbonyl (C=O) groups excluding carboxylic acids is 1. The molecule has 0 bridgehead atoms. The first-order chi connectivity index (χ1) is 11.8. The highest BCUT2D eigenvalue weighted by molar-refractivity contribution is 7.92. The maximum absolute atomic E-state index is 12.7. The van der Waals surface area contributed by atoms with Crippen molar-refractivity contribution in [1.29, 1.82) is 0 Å². The summed E-state index contributed by atoms with van der Waals surface area (Å²) in [6.07, 6.45) is 1.37. The Bertz CT molecular complexity index is 936. The van der Waals surface area contributed by atoms with Gasteiger partial charge in [-0.3, -0.25) is 9.52 Å². The van der Waals surface area contributed by atoms with E-state index in [-0.39, 0.29) is 10.8 Å². The third-order valence-corrected chi connectivity index (χ3v) is 5.99. The van der Waals surface area contributed by atoms with Crippen molar-refractivity contribution in [2.24, 2.45) is 0 Å². The molecule has 0 atom stereocenters. The molecule has 1 heterocycles. The SMILES string of the molecule is Cc1ccc(S(=O)(=O)Nc2ccc(C)c(N3CCCC3=O)c2)c(C)c1. The summed E-state index contributed by atoms with van der Waals surface area (Å²) in [4.78, 5) is 14.0. The average Bonchev–Trinajstić information content (AvgIpc) is 2.94. The quantitative estimate of drug-likeness (QED) is 0.909. The Kier molecular flexibility index (Phi) is 4.56. The van der Waals surface area contributed by atoms with Crippen molar-refractivity contribution >= 4 is 27.3 Å². The standard InChI is InChI=1S/C19H22N2O3S/c1-13-6-9-18(15(3)11-13)25(23,24)20-16-8-7-14(2)17(12-16)21-10-4-5-19(21)22/h6-9,11-12,20H,4-5,10H2,1-3H3. The normalized spacial score (nSPS) is 14.8. The molecular formula is C19H22N2O3S. The van der Waals surface area contributed by atoms with Crippen LogP contribution in [0.25, 0.3) is 0 Å². The predicted molar refractivity (Wildman–Crippen MR) is 99.5 cm³/mol. The van der Waals surface area contributed by atoms with Crippen LogP contribution in [0.15, 0.2) is 41.3 Å². The van der Waals surface area contributed by atoms with E-state index in [0.717, 1.165) is 23.2 Å². The van der Waals surface area contributed by atoms with E-state index in [1.807, 2.05) is 26.0 Å². The van der Waals surface area contributed by atoms with E-state index in [1.165, 1.54) is 0 Å².